The summed E-state index contributed by atoms with van der Waals surface area (Å²) in [5, 5.41) is 2.25. The SMILES string of the molecule is c1cccc(-c2cc(-c3cccc4c3oc3ccccc34)ccc2-c2oc(-c3ccccc3)c3c2CCC=C3)c#1. The summed E-state index contributed by atoms with van der Waals surface area (Å²) < 4.78 is 13.1. The van der Waals surface area contributed by atoms with Crippen molar-refractivity contribution in [3.63, 3.8) is 0 Å². The predicted molar refractivity (Wildman–Crippen MR) is 163 cm³/mol. The molecule has 8 rings (SSSR count). The van der Waals surface area contributed by atoms with Crippen molar-refractivity contribution in [2.75, 3.05) is 0 Å². The third-order valence-electron chi connectivity index (χ3n) is 7.85. The number of hydrogen-bond acceptors (Lipinski definition) is 2. The first-order valence-electron chi connectivity index (χ1n) is 13.7. The molecule has 0 fully saturated rings. The van der Waals surface area contributed by atoms with Crippen LogP contribution in [0, 0.1) is 12.1 Å². The molecule has 0 aliphatic heterocycles. The van der Waals surface area contributed by atoms with Gasteiger partial charge in [-0.1, -0.05) is 103 Å². The van der Waals surface area contributed by atoms with E-state index in [0.717, 1.165) is 79.7 Å². The molecule has 0 saturated heterocycles. The Morgan fingerprint density at radius 3 is 2.40 bits per heavy atom. The summed E-state index contributed by atoms with van der Waals surface area (Å²) in [6.07, 6.45) is 6.40. The fraction of sp³-hybridized carbons (Fsp3) is 0.0526. The number of allylic oxidation sites excluding steroid dienone is 1. The highest BCUT2D eigenvalue weighted by Crippen LogP contribution is 2.45. The van der Waals surface area contributed by atoms with Crippen LogP contribution in [0.2, 0.25) is 0 Å². The van der Waals surface area contributed by atoms with E-state index >= 15 is 0 Å². The van der Waals surface area contributed by atoms with Crippen LogP contribution >= 0.6 is 0 Å². The Balaban J connectivity index is 1.36. The molecule has 2 nitrogen and oxygen atoms in total. The Bertz CT molecular complexity index is 2040. The lowest BCUT2D eigenvalue weighted by Crippen LogP contribution is -1.94. The summed E-state index contributed by atoms with van der Waals surface area (Å²) in [6, 6.07) is 44.1. The van der Waals surface area contributed by atoms with Crippen molar-refractivity contribution < 1.29 is 8.83 Å². The van der Waals surface area contributed by atoms with Crippen molar-refractivity contribution >= 4 is 28.0 Å². The van der Waals surface area contributed by atoms with Crippen molar-refractivity contribution in [3.8, 4) is 44.9 Å². The minimum absolute atomic E-state index is 0.900. The zero-order chi connectivity index (χ0) is 26.5. The van der Waals surface area contributed by atoms with Gasteiger partial charge in [0.2, 0.25) is 0 Å². The number of hydrogen-bond donors (Lipinski definition) is 0. The zero-order valence-corrected chi connectivity index (χ0v) is 21.8. The van der Waals surface area contributed by atoms with Crippen molar-refractivity contribution in [1.29, 1.82) is 0 Å². The van der Waals surface area contributed by atoms with Crippen LogP contribution in [0.5, 0.6) is 0 Å². The van der Waals surface area contributed by atoms with Gasteiger partial charge < -0.3 is 8.83 Å². The van der Waals surface area contributed by atoms with E-state index in [1.807, 2.05) is 30.3 Å². The van der Waals surface area contributed by atoms with Gasteiger partial charge in [-0.05, 0) is 48.7 Å². The van der Waals surface area contributed by atoms with Gasteiger partial charge in [-0.3, -0.25) is 0 Å². The maximum Gasteiger partial charge on any atom is 0.143 e. The molecular formula is C38H24O2. The van der Waals surface area contributed by atoms with E-state index in [-0.39, 0.29) is 0 Å². The molecule has 7 aromatic rings. The van der Waals surface area contributed by atoms with Crippen LogP contribution in [0.25, 0.3) is 72.9 Å². The van der Waals surface area contributed by atoms with Gasteiger partial charge in [0.15, 0.2) is 0 Å². The van der Waals surface area contributed by atoms with Crippen LogP contribution in [0.15, 0.2) is 124 Å². The molecule has 1 aliphatic rings. The van der Waals surface area contributed by atoms with Crippen molar-refractivity contribution in [3.05, 3.63) is 139 Å². The highest BCUT2D eigenvalue weighted by atomic mass is 16.3. The van der Waals surface area contributed by atoms with E-state index in [0.29, 0.717) is 0 Å². The first-order valence-corrected chi connectivity index (χ1v) is 13.7. The maximum atomic E-state index is 6.76. The summed E-state index contributed by atoms with van der Waals surface area (Å²) in [6.45, 7) is 0. The minimum atomic E-state index is 0.900. The Morgan fingerprint density at radius 2 is 1.50 bits per heavy atom. The van der Waals surface area contributed by atoms with Crippen molar-refractivity contribution in [1.82, 2.24) is 0 Å². The Hall–Kier alpha value is -5.26. The van der Waals surface area contributed by atoms with Gasteiger partial charge in [-0.2, -0.15) is 0 Å². The molecule has 2 aromatic heterocycles. The second-order valence-electron chi connectivity index (χ2n) is 10.2. The number of para-hydroxylation sites is 2. The number of rotatable bonds is 4. The Labute approximate surface area is 232 Å². The highest BCUT2D eigenvalue weighted by molar-refractivity contribution is 6.09. The molecule has 2 heterocycles. The van der Waals surface area contributed by atoms with E-state index in [1.54, 1.807) is 0 Å². The minimum Gasteiger partial charge on any atom is -0.455 e. The molecule has 0 bridgehead atoms. The second kappa shape index (κ2) is 9.19. The Morgan fingerprint density at radius 1 is 0.625 bits per heavy atom. The molecule has 188 valence electrons. The highest BCUT2D eigenvalue weighted by Gasteiger charge is 2.25. The van der Waals surface area contributed by atoms with Gasteiger partial charge in [-0.15, -0.1) is 0 Å². The normalized spacial score (nSPS) is 12.5. The van der Waals surface area contributed by atoms with Gasteiger partial charge >= 0.3 is 0 Å². The molecule has 0 unspecified atom stereocenters. The predicted octanol–water partition coefficient (Wildman–Crippen LogP) is 10.4. The fourth-order valence-electron chi connectivity index (χ4n) is 5.97. The third kappa shape index (κ3) is 3.60. The maximum absolute atomic E-state index is 6.76. The zero-order valence-electron chi connectivity index (χ0n) is 21.8. The van der Waals surface area contributed by atoms with Gasteiger partial charge in [0.05, 0.1) is 0 Å². The molecule has 0 amide bonds. The van der Waals surface area contributed by atoms with Crippen LogP contribution in [0.1, 0.15) is 17.5 Å². The van der Waals surface area contributed by atoms with Gasteiger partial charge in [0, 0.05) is 49.7 Å². The molecule has 0 N–H and O–H groups in total. The molecule has 0 saturated carbocycles. The topological polar surface area (TPSA) is 26.3 Å². The van der Waals surface area contributed by atoms with E-state index in [4.69, 9.17) is 8.83 Å². The molecule has 1 aliphatic carbocycles. The average Bonchev–Trinajstić information content (AvgIpc) is 3.61. The van der Waals surface area contributed by atoms with Crippen LogP contribution in [0.4, 0.5) is 0 Å². The van der Waals surface area contributed by atoms with Crippen molar-refractivity contribution in [2.24, 2.45) is 0 Å². The van der Waals surface area contributed by atoms with E-state index in [1.165, 1.54) is 11.1 Å². The average molecular weight is 513 g/mol. The van der Waals surface area contributed by atoms with Gasteiger partial charge in [-0.25, -0.2) is 0 Å². The monoisotopic (exact) mass is 512 g/mol. The standard InChI is InChI=1S/C38H24O2/c1-3-12-25(13-4-1)34-24-27(28-19-11-20-30-29-16-9-10-21-35(29)39-37(28)30)22-23-33(34)38-32-18-8-7-17-31(32)36(40-38)26-14-5-2-6-15-26/h1-3,5-7,9-12,14-17,19-24H,8,18H2. The third-order valence-corrected chi connectivity index (χ3v) is 7.85. The largest absolute Gasteiger partial charge is 0.455 e. The second-order valence-corrected chi connectivity index (χ2v) is 10.2. The van der Waals surface area contributed by atoms with E-state index < -0.39 is 0 Å². The summed E-state index contributed by atoms with van der Waals surface area (Å²) in [7, 11) is 0. The quantitative estimate of drug-likeness (QED) is 0.234. The number of furan rings is 2. The Kier molecular flexibility index (Phi) is 5.21. The van der Waals surface area contributed by atoms with Crippen LogP contribution in [0.3, 0.4) is 0 Å². The van der Waals surface area contributed by atoms with Gasteiger partial charge in [0.1, 0.15) is 22.7 Å². The fourth-order valence-corrected chi connectivity index (χ4v) is 5.97. The molecule has 0 spiro atoms. The lowest BCUT2D eigenvalue weighted by molar-refractivity contribution is 0.594. The molecule has 2 heteroatoms. The summed E-state index contributed by atoms with van der Waals surface area (Å²) in [5.41, 5.74) is 10.6. The number of benzene rings is 4. The van der Waals surface area contributed by atoms with Gasteiger partial charge in [0.25, 0.3) is 0 Å². The molecular weight excluding hydrogens is 488 g/mol. The van der Waals surface area contributed by atoms with Crippen LogP contribution in [-0.4, -0.2) is 0 Å². The number of fused-ring (bicyclic) bond motifs is 4. The van der Waals surface area contributed by atoms with E-state index in [9.17, 15) is 0 Å². The smallest absolute Gasteiger partial charge is 0.143 e. The first kappa shape index (κ1) is 22.7. The molecule has 0 atom stereocenters. The molecule has 5 aromatic carbocycles. The molecule has 40 heavy (non-hydrogen) atoms. The summed E-state index contributed by atoms with van der Waals surface area (Å²) >= 11 is 0. The van der Waals surface area contributed by atoms with Crippen molar-refractivity contribution in [2.45, 2.75) is 12.8 Å². The van der Waals surface area contributed by atoms with Crippen LogP contribution in [-0.2, 0) is 6.42 Å². The summed E-state index contributed by atoms with van der Waals surface area (Å²) in [5.74, 6) is 1.85. The lowest BCUT2D eigenvalue weighted by Gasteiger charge is -2.13. The summed E-state index contributed by atoms with van der Waals surface area (Å²) in [4.78, 5) is 0. The van der Waals surface area contributed by atoms with Crippen LogP contribution < -0.4 is 0 Å². The lowest BCUT2D eigenvalue weighted by atomic mass is 9.89. The first-order chi connectivity index (χ1) is 19.8. The molecule has 0 radical (unpaired) electrons. The van der Waals surface area contributed by atoms with E-state index in [2.05, 4.69) is 103 Å².